The van der Waals surface area contributed by atoms with E-state index in [9.17, 15) is 5.11 Å². The standard InChI is InChI=1S/C20H32N2O3/c1-24-17-12-22(13-17)18-6-5-11-21(19(18)25-14-16-7-8-16)15-20(23)9-3-2-4-10-20/h5-6,16-17,23H,2-4,7-15H2,1H3. The monoisotopic (exact) mass is 348 g/mol. The molecule has 4 aliphatic rings. The van der Waals surface area contributed by atoms with Crippen molar-refractivity contribution in [1.82, 2.24) is 9.80 Å². The van der Waals surface area contributed by atoms with E-state index >= 15 is 0 Å². The Labute approximate surface area is 151 Å². The predicted molar refractivity (Wildman–Crippen MR) is 96.8 cm³/mol. The lowest BCUT2D eigenvalue weighted by molar-refractivity contribution is -0.0410. The van der Waals surface area contributed by atoms with Crippen LogP contribution in [0.4, 0.5) is 0 Å². The van der Waals surface area contributed by atoms with E-state index in [2.05, 4.69) is 22.0 Å². The van der Waals surface area contributed by atoms with Gasteiger partial charge in [-0.2, -0.15) is 0 Å². The van der Waals surface area contributed by atoms with Crippen LogP contribution in [0.1, 0.15) is 44.9 Å². The zero-order valence-electron chi connectivity index (χ0n) is 15.5. The normalized spacial score (nSPS) is 26.8. The zero-order chi connectivity index (χ0) is 17.3. The molecule has 0 amide bonds. The van der Waals surface area contributed by atoms with Gasteiger partial charge in [0.1, 0.15) is 0 Å². The molecule has 2 aliphatic heterocycles. The van der Waals surface area contributed by atoms with Crippen LogP contribution in [0.5, 0.6) is 0 Å². The molecule has 0 spiro atoms. The van der Waals surface area contributed by atoms with Crippen molar-refractivity contribution in [2.24, 2.45) is 5.92 Å². The molecule has 5 nitrogen and oxygen atoms in total. The van der Waals surface area contributed by atoms with Crippen LogP contribution in [-0.4, -0.2) is 66.5 Å². The molecule has 0 aromatic heterocycles. The van der Waals surface area contributed by atoms with Crippen LogP contribution in [0.2, 0.25) is 0 Å². The third-order valence-electron chi connectivity index (χ3n) is 6.05. The van der Waals surface area contributed by atoms with Gasteiger partial charge in [-0.25, -0.2) is 0 Å². The molecule has 2 heterocycles. The van der Waals surface area contributed by atoms with Crippen LogP contribution in [0.15, 0.2) is 23.7 Å². The number of β-amino-alcohol motifs (C(OH)–C–C–N with tert-alkyl or cyclic N) is 1. The van der Waals surface area contributed by atoms with Gasteiger partial charge in [0.25, 0.3) is 0 Å². The highest BCUT2D eigenvalue weighted by atomic mass is 16.5. The maximum absolute atomic E-state index is 11.0. The van der Waals surface area contributed by atoms with Crippen LogP contribution >= 0.6 is 0 Å². The fraction of sp³-hybridized carbons (Fsp3) is 0.800. The Morgan fingerprint density at radius 1 is 1.20 bits per heavy atom. The first-order chi connectivity index (χ1) is 12.2. The van der Waals surface area contributed by atoms with E-state index in [4.69, 9.17) is 9.47 Å². The lowest BCUT2D eigenvalue weighted by atomic mass is 9.84. The van der Waals surface area contributed by atoms with Gasteiger partial charge in [0, 0.05) is 33.3 Å². The van der Waals surface area contributed by atoms with Crippen LogP contribution in [-0.2, 0) is 9.47 Å². The minimum Gasteiger partial charge on any atom is -0.477 e. The Kier molecular flexibility index (Phi) is 4.96. The van der Waals surface area contributed by atoms with Crippen molar-refractivity contribution in [3.63, 3.8) is 0 Å². The van der Waals surface area contributed by atoms with Crippen molar-refractivity contribution < 1.29 is 14.6 Å². The second-order valence-corrected chi connectivity index (χ2v) is 8.28. The second kappa shape index (κ2) is 7.20. The second-order valence-electron chi connectivity index (χ2n) is 8.28. The van der Waals surface area contributed by atoms with Crippen molar-refractivity contribution in [3.8, 4) is 0 Å². The largest absolute Gasteiger partial charge is 0.477 e. The smallest absolute Gasteiger partial charge is 0.214 e. The van der Waals surface area contributed by atoms with Gasteiger partial charge in [-0.1, -0.05) is 25.3 Å². The van der Waals surface area contributed by atoms with Gasteiger partial charge in [0.05, 0.1) is 24.0 Å². The molecule has 2 saturated carbocycles. The molecule has 3 fully saturated rings. The van der Waals surface area contributed by atoms with Crippen molar-refractivity contribution in [3.05, 3.63) is 23.7 Å². The fourth-order valence-electron chi connectivity index (χ4n) is 4.14. The average Bonchev–Trinajstić information content (AvgIpc) is 3.38. The number of hydrogen-bond donors (Lipinski definition) is 1. The molecule has 4 rings (SSSR count). The molecule has 0 aromatic rings. The van der Waals surface area contributed by atoms with Gasteiger partial charge in [-0.15, -0.1) is 0 Å². The van der Waals surface area contributed by atoms with Gasteiger partial charge < -0.3 is 24.4 Å². The van der Waals surface area contributed by atoms with Gasteiger partial charge in [-0.3, -0.25) is 0 Å². The van der Waals surface area contributed by atoms with E-state index in [1.807, 2.05) is 0 Å². The highest BCUT2D eigenvalue weighted by Crippen LogP contribution is 2.35. The number of likely N-dealkylation sites (tertiary alicyclic amines) is 1. The number of rotatable bonds is 7. The summed E-state index contributed by atoms with van der Waals surface area (Å²) in [6.07, 6.45) is 12.6. The highest BCUT2D eigenvalue weighted by molar-refractivity contribution is 5.27. The lowest BCUT2D eigenvalue weighted by Gasteiger charge is -2.45. The quantitative estimate of drug-likeness (QED) is 0.766. The molecule has 0 atom stereocenters. The highest BCUT2D eigenvalue weighted by Gasteiger charge is 2.37. The summed E-state index contributed by atoms with van der Waals surface area (Å²) >= 11 is 0. The van der Waals surface area contributed by atoms with Crippen LogP contribution in [0.3, 0.4) is 0 Å². The maximum atomic E-state index is 11.0. The molecular formula is C20H32N2O3. The van der Waals surface area contributed by atoms with Gasteiger partial charge in [-0.05, 0) is 37.7 Å². The minimum absolute atomic E-state index is 0.323. The average molecular weight is 348 g/mol. The molecule has 0 radical (unpaired) electrons. The molecule has 25 heavy (non-hydrogen) atoms. The first-order valence-electron chi connectivity index (χ1n) is 9.95. The van der Waals surface area contributed by atoms with Gasteiger partial charge in [0.15, 0.2) is 0 Å². The minimum atomic E-state index is -0.563. The van der Waals surface area contributed by atoms with Gasteiger partial charge >= 0.3 is 0 Å². The summed E-state index contributed by atoms with van der Waals surface area (Å²) in [7, 11) is 1.78. The molecular weight excluding hydrogens is 316 g/mol. The zero-order valence-corrected chi connectivity index (χ0v) is 15.5. The molecule has 5 heteroatoms. The SMILES string of the molecule is COC1CN(C2=C(OCC3CC3)N(CC3(O)CCCCC3)CC=C2)C1. The van der Waals surface area contributed by atoms with Crippen molar-refractivity contribution in [2.45, 2.75) is 56.7 Å². The third kappa shape index (κ3) is 3.98. The predicted octanol–water partition coefficient (Wildman–Crippen LogP) is 2.48. The topological polar surface area (TPSA) is 45.2 Å². The van der Waals surface area contributed by atoms with Crippen molar-refractivity contribution in [1.29, 1.82) is 0 Å². The molecule has 0 aromatic carbocycles. The Morgan fingerprint density at radius 2 is 1.96 bits per heavy atom. The first-order valence-corrected chi connectivity index (χ1v) is 9.95. The van der Waals surface area contributed by atoms with Crippen LogP contribution < -0.4 is 0 Å². The number of aliphatic hydroxyl groups is 1. The van der Waals surface area contributed by atoms with E-state index in [1.165, 1.54) is 25.0 Å². The summed E-state index contributed by atoms with van der Waals surface area (Å²) in [5.41, 5.74) is 0.604. The molecule has 0 bridgehead atoms. The molecule has 0 unspecified atom stereocenters. The van der Waals surface area contributed by atoms with E-state index in [-0.39, 0.29) is 0 Å². The third-order valence-corrected chi connectivity index (χ3v) is 6.05. The number of hydrogen-bond acceptors (Lipinski definition) is 5. The van der Waals surface area contributed by atoms with E-state index in [0.29, 0.717) is 12.6 Å². The van der Waals surface area contributed by atoms with Gasteiger partial charge in [0.2, 0.25) is 5.88 Å². The number of allylic oxidation sites excluding steroid dienone is 1. The van der Waals surface area contributed by atoms with Crippen molar-refractivity contribution >= 4 is 0 Å². The summed E-state index contributed by atoms with van der Waals surface area (Å²) in [6.45, 7) is 4.16. The van der Waals surface area contributed by atoms with E-state index < -0.39 is 5.60 Å². The first kappa shape index (κ1) is 17.2. The Balaban J connectivity index is 1.49. The summed E-state index contributed by atoms with van der Waals surface area (Å²) in [5, 5.41) is 11.0. The number of methoxy groups -OCH3 is 1. The molecule has 1 N–H and O–H groups in total. The van der Waals surface area contributed by atoms with Crippen LogP contribution in [0, 0.1) is 5.92 Å². The maximum Gasteiger partial charge on any atom is 0.214 e. The van der Waals surface area contributed by atoms with Crippen LogP contribution in [0.25, 0.3) is 0 Å². The summed E-state index contributed by atoms with van der Waals surface area (Å²) in [4.78, 5) is 4.60. The summed E-state index contributed by atoms with van der Waals surface area (Å²) in [5.74, 6) is 1.70. The van der Waals surface area contributed by atoms with E-state index in [1.54, 1.807) is 7.11 Å². The Bertz CT molecular complexity index is 529. The summed E-state index contributed by atoms with van der Waals surface area (Å²) < 4.78 is 11.7. The van der Waals surface area contributed by atoms with E-state index in [0.717, 1.165) is 63.7 Å². The fourth-order valence-corrected chi connectivity index (χ4v) is 4.14. The Morgan fingerprint density at radius 3 is 2.64 bits per heavy atom. The molecule has 2 aliphatic carbocycles. The lowest BCUT2D eigenvalue weighted by Crippen LogP contribution is -2.53. The summed E-state index contributed by atoms with van der Waals surface area (Å²) in [6, 6.07) is 0. The van der Waals surface area contributed by atoms with Crippen molar-refractivity contribution in [2.75, 3.05) is 39.9 Å². The molecule has 140 valence electrons. The molecule has 1 saturated heterocycles. The number of ether oxygens (including phenoxy) is 2. The Hall–Kier alpha value is -1.20. The number of nitrogens with zero attached hydrogens (tertiary/aromatic N) is 2.